The second-order valence-electron chi connectivity index (χ2n) is 7.03. The maximum Gasteiger partial charge on any atom is 0.228 e. The lowest BCUT2D eigenvalue weighted by molar-refractivity contribution is 0.0284. The second kappa shape index (κ2) is 7.32. The van der Waals surface area contributed by atoms with E-state index in [4.69, 9.17) is 9.47 Å². The van der Waals surface area contributed by atoms with Gasteiger partial charge in [0.25, 0.3) is 0 Å². The fourth-order valence-corrected chi connectivity index (χ4v) is 3.76. The highest BCUT2D eigenvalue weighted by atomic mass is 19.1. The molecule has 2 N–H and O–H groups in total. The Kier molecular flexibility index (Phi) is 4.51. The molecule has 0 spiro atoms. The summed E-state index contributed by atoms with van der Waals surface area (Å²) in [5, 5.41) is 10.6. The molecule has 3 aromatic heterocycles. The molecule has 2 aliphatic rings. The third-order valence-corrected chi connectivity index (χ3v) is 5.23. The summed E-state index contributed by atoms with van der Waals surface area (Å²) in [5.74, 6) is 1.44. The molecule has 5 heterocycles. The van der Waals surface area contributed by atoms with Crippen LogP contribution in [-0.4, -0.2) is 58.7 Å². The first-order chi connectivity index (χ1) is 14.2. The normalized spacial score (nSPS) is 21.2. The molecule has 1 unspecified atom stereocenters. The van der Waals surface area contributed by atoms with Crippen LogP contribution < -0.4 is 15.4 Å². The van der Waals surface area contributed by atoms with Gasteiger partial charge in [-0.05, 0) is 35.8 Å². The number of rotatable bonds is 4. The van der Waals surface area contributed by atoms with E-state index in [-0.39, 0.29) is 12.6 Å². The number of halogens is 1. The summed E-state index contributed by atoms with van der Waals surface area (Å²) < 4.78 is 26.7. The third kappa shape index (κ3) is 3.27. The number of anilines is 2. The van der Waals surface area contributed by atoms with Gasteiger partial charge in [0.2, 0.25) is 11.8 Å². The number of alkyl halides is 1. The van der Waals surface area contributed by atoms with E-state index in [0.717, 1.165) is 22.2 Å². The fraction of sp³-hybridized carbons (Fsp3) is 0.350. The molecule has 29 heavy (non-hydrogen) atoms. The van der Waals surface area contributed by atoms with Gasteiger partial charge in [-0.3, -0.25) is 0 Å². The topological polar surface area (TPSA) is 85.6 Å². The smallest absolute Gasteiger partial charge is 0.228 e. The molecule has 9 heteroatoms. The van der Waals surface area contributed by atoms with Gasteiger partial charge in [0.1, 0.15) is 12.0 Å². The van der Waals surface area contributed by atoms with Crippen molar-refractivity contribution in [3.8, 4) is 5.88 Å². The number of aromatic nitrogens is 4. The number of fused-ring (bicyclic) bond motifs is 2. The lowest BCUT2D eigenvalue weighted by Crippen LogP contribution is -2.39. The number of hydrogen-bond acceptors (Lipinski definition) is 7. The highest BCUT2D eigenvalue weighted by Crippen LogP contribution is 2.38. The first-order valence-electron chi connectivity index (χ1n) is 9.55. The van der Waals surface area contributed by atoms with Crippen LogP contribution in [0.2, 0.25) is 0 Å². The Morgan fingerprint density at radius 2 is 2.28 bits per heavy atom. The molecule has 150 valence electrons. The molecule has 2 aliphatic heterocycles. The highest BCUT2D eigenvalue weighted by Gasteiger charge is 2.28. The Morgan fingerprint density at radius 3 is 3.14 bits per heavy atom. The van der Waals surface area contributed by atoms with Crippen molar-refractivity contribution in [2.45, 2.75) is 18.6 Å². The molecule has 0 aromatic carbocycles. The van der Waals surface area contributed by atoms with Gasteiger partial charge in [0.15, 0.2) is 0 Å². The van der Waals surface area contributed by atoms with E-state index in [1.54, 1.807) is 13.3 Å². The highest BCUT2D eigenvalue weighted by molar-refractivity contribution is 5.90. The summed E-state index contributed by atoms with van der Waals surface area (Å²) in [4.78, 5) is 9.11. The van der Waals surface area contributed by atoms with Gasteiger partial charge in [0.05, 0.1) is 30.8 Å². The van der Waals surface area contributed by atoms with Crippen LogP contribution in [0.1, 0.15) is 17.5 Å². The van der Waals surface area contributed by atoms with Crippen LogP contribution in [0.5, 0.6) is 5.88 Å². The Morgan fingerprint density at radius 1 is 1.34 bits per heavy atom. The second-order valence-corrected chi connectivity index (χ2v) is 7.03. The largest absolute Gasteiger partial charge is 0.480 e. The van der Waals surface area contributed by atoms with Gasteiger partial charge in [-0.1, -0.05) is 6.08 Å². The molecule has 1 fully saturated rings. The zero-order valence-corrected chi connectivity index (χ0v) is 15.9. The average Bonchev–Trinajstić information content (AvgIpc) is 3.22. The van der Waals surface area contributed by atoms with Gasteiger partial charge >= 0.3 is 0 Å². The van der Waals surface area contributed by atoms with E-state index in [1.165, 1.54) is 0 Å². The summed E-state index contributed by atoms with van der Waals surface area (Å²) in [6.45, 7) is 1.22. The molecule has 3 aromatic rings. The minimum Gasteiger partial charge on any atom is -0.480 e. The summed E-state index contributed by atoms with van der Waals surface area (Å²) >= 11 is 0. The van der Waals surface area contributed by atoms with Crippen LogP contribution in [0.25, 0.3) is 11.1 Å². The lowest BCUT2D eigenvalue weighted by Gasteiger charge is -2.28. The van der Waals surface area contributed by atoms with Gasteiger partial charge in [-0.25, -0.2) is 8.91 Å². The number of nitrogens with zero attached hydrogens (tertiary/aromatic N) is 4. The van der Waals surface area contributed by atoms with Crippen molar-refractivity contribution in [3.05, 3.63) is 47.8 Å². The number of nitrogens with one attached hydrogen (secondary N) is 2. The van der Waals surface area contributed by atoms with Gasteiger partial charge < -0.3 is 20.1 Å². The number of methoxy groups -OCH3 is 1. The summed E-state index contributed by atoms with van der Waals surface area (Å²) in [7, 11) is 1.57. The molecule has 0 saturated carbocycles. The molecule has 5 rings (SSSR count). The molecule has 0 amide bonds. The van der Waals surface area contributed by atoms with Crippen molar-refractivity contribution in [1.82, 2.24) is 19.6 Å². The minimum absolute atomic E-state index is 0.0853. The van der Waals surface area contributed by atoms with Gasteiger partial charge in [0, 0.05) is 25.5 Å². The third-order valence-electron chi connectivity index (χ3n) is 5.23. The standard InChI is InChI=1S/C20H21FN6O2/c1-28-19-17-14(12-4-8-27-13(10-12)2-7-23-27)3-6-22-18(17)25-20(26-19)24-16-5-9-29-11-15(16)21/h2-4,7-8,10,15-16H,5-6,9,11H2,1H3,(H2,22,24,25,26)/t15-,16?/m0/s1. The van der Waals surface area contributed by atoms with Crippen molar-refractivity contribution in [2.24, 2.45) is 0 Å². The Bertz CT molecular complexity index is 1080. The molecular weight excluding hydrogens is 375 g/mol. The number of ether oxygens (including phenoxy) is 2. The van der Waals surface area contributed by atoms with Gasteiger partial charge in [-0.2, -0.15) is 15.1 Å². The van der Waals surface area contributed by atoms with Crippen molar-refractivity contribution >= 4 is 22.9 Å². The molecule has 2 atom stereocenters. The van der Waals surface area contributed by atoms with E-state index in [2.05, 4.69) is 37.8 Å². The lowest BCUT2D eigenvalue weighted by atomic mass is 9.97. The zero-order valence-electron chi connectivity index (χ0n) is 15.9. The van der Waals surface area contributed by atoms with Crippen LogP contribution >= 0.6 is 0 Å². The van der Waals surface area contributed by atoms with E-state index in [1.807, 2.05) is 22.8 Å². The van der Waals surface area contributed by atoms with Crippen molar-refractivity contribution in [2.75, 3.05) is 37.5 Å². The first-order valence-corrected chi connectivity index (χ1v) is 9.55. The predicted octanol–water partition coefficient (Wildman–Crippen LogP) is 2.53. The van der Waals surface area contributed by atoms with Crippen molar-refractivity contribution in [1.29, 1.82) is 0 Å². The van der Waals surface area contributed by atoms with Crippen molar-refractivity contribution < 1.29 is 13.9 Å². The first kappa shape index (κ1) is 17.9. The van der Waals surface area contributed by atoms with Crippen LogP contribution in [0.3, 0.4) is 0 Å². The average molecular weight is 396 g/mol. The number of hydrogen-bond donors (Lipinski definition) is 2. The molecule has 8 nitrogen and oxygen atoms in total. The molecule has 1 saturated heterocycles. The number of pyridine rings is 1. The summed E-state index contributed by atoms with van der Waals surface area (Å²) in [6, 6.07) is 5.64. The van der Waals surface area contributed by atoms with Gasteiger partial charge in [-0.15, -0.1) is 0 Å². The van der Waals surface area contributed by atoms with E-state index < -0.39 is 6.17 Å². The van der Waals surface area contributed by atoms with E-state index in [9.17, 15) is 4.39 Å². The quantitative estimate of drug-likeness (QED) is 0.701. The van der Waals surface area contributed by atoms with E-state index >= 15 is 0 Å². The summed E-state index contributed by atoms with van der Waals surface area (Å²) in [6.07, 6.45) is 5.23. The maximum absolute atomic E-state index is 14.1. The minimum atomic E-state index is -1.10. The van der Waals surface area contributed by atoms with Crippen LogP contribution in [0.15, 0.2) is 36.7 Å². The monoisotopic (exact) mass is 396 g/mol. The van der Waals surface area contributed by atoms with Crippen molar-refractivity contribution in [3.63, 3.8) is 0 Å². The predicted molar refractivity (Wildman–Crippen MR) is 107 cm³/mol. The molecule has 0 aliphatic carbocycles. The summed E-state index contributed by atoms with van der Waals surface area (Å²) in [5.41, 5.74) is 3.80. The Labute approximate surface area is 166 Å². The van der Waals surface area contributed by atoms with E-state index in [0.29, 0.717) is 37.2 Å². The fourth-order valence-electron chi connectivity index (χ4n) is 3.76. The van der Waals surface area contributed by atoms with Crippen LogP contribution in [0.4, 0.5) is 16.2 Å². The molecule has 0 bridgehead atoms. The van der Waals surface area contributed by atoms with Crippen LogP contribution in [-0.2, 0) is 4.74 Å². The SMILES string of the molecule is COc1nc(NC2CCOC[C@@H]2F)nc2c1C(c1ccn3nccc3c1)=CCN2. The molecular formula is C20H21FN6O2. The van der Waals surface area contributed by atoms with Crippen LogP contribution in [0, 0.1) is 0 Å². The Balaban J connectivity index is 1.52. The zero-order chi connectivity index (χ0) is 19.8. The molecule has 0 radical (unpaired) electrons. The maximum atomic E-state index is 14.1. The Hall–Kier alpha value is -3.20.